The maximum absolute atomic E-state index is 13.4. The number of β-lactam (4-membered cyclic amide) rings is 1. The summed E-state index contributed by atoms with van der Waals surface area (Å²) in [7, 11) is 1.90. The summed E-state index contributed by atoms with van der Waals surface area (Å²) in [6.45, 7) is 4.13. The summed E-state index contributed by atoms with van der Waals surface area (Å²) in [6.07, 6.45) is 0. The second-order valence-corrected chi connectivity index (χ2v) is 14.7. The molecule has 0 unspecified atom stereocenters. The molecule has 6 N–H and O–H groups in total. The summed E-state index contributed by atoms with van der Waals surface area (Å²) < 4.78 is 0.348. The molecule has 5 rings (SSSR count). The molecular weight excluding hydrogens is 706 g/mol. The highest BCUT2D eigenvalue weighted by Gasteiger charge is 2.54. The summed E-state index contributed by atoms with van der Waals surface area (Å²) in [6, 6.07) is 1.35. The fourth-order valence-corrected chi connectivity index (χ4v) is 7.59. The molecule has 17 nitrogen and oxygen atoms in total. The number of hydrogen-bond donors (Lipinski definition) is 5. The number of piperazine rings is 1. The Morgan fingerprint density at radius 1 is 1.24 bits per heavy atom. The number of carboxylic acid groups (broad SMARTS) is 2. The number of aromatic hydroxyl groups is 2. The molecular formula is C29H32ClN7O10S2. The first-order chi connectivity index (χ1) is 22.9. The minimum atomic E-state index is -1.80. The molecule has 3 aliphatic heterocycles. The van der Waals surface area contributed by atoms with Crippen LogP contribution >= 0.6 is 34.7 Å². The first kappa shape index (κ1) is 35.7. The van der Waals surface area contributed by atoms with Crippen molar-refractivity contribution in [3.05, 3.63) is 45.1 Å². The molecule has 4 heterocycles. The summed E-state index contributed by atoms with van der Waals surface area (Å²) in [5.41, 5.74) is 3.67. The van der Waals surface area contributed by atoms with Gasteiger partial charge in [-0.1, -0.05) is 16.8 Å². The number of halogens is 1. The highest BCUT2D eigenvalue weighted by Crippen LogP contribution is 2.41. The van der Waals surface area contributed by atoms with Crippen molar-refractivity contribution in [2.75, 3.05) is 51.3 Å². The number of carboxylic acids is 2. The number of phenolic OH excluding ortho intramolecular Hbond substituents is 2. The SMILES string of the molecule is CC(C)(O/N=C(\C(=O)N[C@@H]1C(=O)N2C(C(=O)[O-])=C(C[N+]3(C)CCN(C(=O)c4ccc(O)c(O)c4Cl)CC3)CS[C@H]12)c1csc(N)n1)C(=O)O. The molecule has 262 valence electrons. The number of nitrogens with zero attached hydrogens (tertiary/aromatic N) is 5. The van der Waals surface area contributed by atoms with E-state index < -0.39 is 63.9 Å². The zero-order valence-electron chi connectivity index (χ0n) is 26.3. The third kappa shape index (κ3) is 6.96. The normalized spacial score (nSPS) is 20.7. The molecule has 1 aromatic carbocycles. The van der Waals surface area contributed by atoms with Gasteiger partial charge in [-0.25, -0.2) is 9.78 Å². The largest absolute Gasteiger partial charge is 0.543 e. The van der Waals surface area contributed by atoms with Crippen molar-refractivity contribution in [2.24, 2.45) is 5.16 Å². The van der Waals surface area contributed by atoms with E-state index in [-0.39, 0.29) is 52.5 Å². The molecule has 2 aromatic rings. The van der Waals surface area contributed by atoms with Gasteiger partial charge in [0.1, 0.15) is 23.7 Å². The van der Waals surface area contributed by atoms with E-state index in [0.717, 1.165) is 16.2 Å². The van der Waals surface area contributed by atoms with Crippen LogP contribution < -0.4 is 16.2 Å². The number of fused-ring (bicyclic) bond motifs is 1. The second-order valence-electron chi connectivity index (χ2n) is 12.3. The Bertz CT molecular complexity index is 1800. The number of carbonyl (C=O) groups excluding carboxylic acids is 4. The number of phenols is 2. The van der Waals surface area contributed by atoms with Crippen LogP contribution in [0.2, 0.25) is 5.02 Å². The van der Waals surface area contributed by atoms with Gasteiger partial charge < -0.3 is 50.5 Å². The van der Waals surface area contributed by atoms with Gasteiger partial charge in [-0.3, -0.25) is 19.3 Å². The average Bonchev–Trinajstić information content (AvgIpc) is 3.47. The van der Waals surface area contributed by atoms with E-state index in [0.29, 0.717) is 23.1 Å². The number of anilines is 1. The van der Waals surface area contributed by atoms with Gasteiger partial charge >= 0.3 is 5.97 Å². The molecule has 0 radical (unpaired) electrons. The molecule has 20 heteroatoms. The Morgan fingerprint density at radius 2 is 1.92 bits per heavy atom. The summed E-state index contributed by atoms with van der Waals surface area (Å²) in [5.74, 6) is -5.76. The highest BCUT2D eigenvalue weighted by atomic mass is 35.5. The number of nitrogens with two attached hydrogens (primary N) is 1. The van der Waals surface area contributed by atoms with Gasteiger partial charge in [0.25, 0.3) is 17.7 Å². The molecule has 2 saturated heterocycles. The first-order valence-electron chi connectivity index (χ1n) is 14.7. The van der Waals surface area contributed by atoms with Gasteiger partial charge in [0.15, 0.2) is 22.3 Å². The van der Waals surface area contributed by atoms with Crippen molar-refractivity contribution in [3.8, 4) is 11.5 Å². The number of aliphatic carboxylic acids is 2. The molecule has 0 spiro atoms. The van der Waals surface area contributed by atoms with Gasteiger partial charge in [-0.15, -0.1) is 23.1 Å². The first-order valence-corrected chi connectivity index (χ1v) is 17.0. The van der Waals surface area contributed by atoms with Crippen LogP contribution in [-0.2, 0) is 24.0 Å². The van der Waals surface area contributed by atoms with Crippen LogP contribution in [0.25, 0.3) is 0 Å². The quantitative estimate of drug-likeness (QED) is 0.0672. The molecule has 0 aliphatic carbocycles. The number of amides is 3. The Balaban J connectivity index is 1.28. The van der Waals surface area contributed by atoms with Gasteiger partial charge in [-0.2, -0.15) is 0 Å². The molecule has 49 heavy (non-hydrogen) atoms. The zero-order chi connectivity index (χ0) is 36.0. The van der Waals surface area contributed by atoms with E-state index in [2.05, 4.69) is 15.5 Å². The number of aromatic nitrogens is 1. The lowest BCUT2D eigenvalue weighted by Crippen LogP contribution is -2.72. The van der Waals surface area contributed by atoms with Gasteiger partial charge in [-0.05, 0) is 26.0 Å². The van der Waals surface area contributed by atoms with E-state index in [9.17, 15) is 44.4 Å². The topological polar surface area (TPSA) is 248 Å². The van der Waals surface area contributed by atoms with Gasteiger partial charge in [0.05, 0.1) is 55.5 Å². The minimum absolute atomic E-state index is 0.0122. The highest BCUT2D eigenvalue weighted by molar-refractivity contribution is 8.00. The second kappa shape index (κ2) is 13.4. The van der Waals surface area contributed by atoms with Crippen LogP contribution in [0.15, 0.2) is 33.9 Å². The van der Waals surface area contributed by atoms with Crippen LogP contribution in [0.4, 0.5) is 5.13 Å². The van der Waals surface area contributed by atoms with E-state index >= 15 is 0 Å². The molecule has 3 aliphatic rings. The lowest BCUT2D eigenvalue weighted by atomic mass is 10.0. The Morgan fingerprint density at radius 3 is 2.51 bits per heavy atom. The fourth-order valence-electron chi connectivity index (χ4n) is 5.46. The summed E-state index contributed by atoms with van der Waals surface area (Å²) >= 11 is 8.33. The third-order valence-electron chi connectivity index (χ3n) is 8.39. The Hall–Kier alpha value is -4.59. The number of oxime groups is 1. The van der Waals surface area contributed by atoms with Crippen LogP contribution in [-0.4, -0.2) is 132 Å². The average molecular weight is 738 g/mol. The summed E-state index contributed by atoms with van der Waals surface area (Å²) in [4.78, 5) is 75.5. The number of thiazole rings is 1. The summed E-state index contributed by atoms with van der Waals surface area (Å²) in [5, 5.41) is 48.1. The van der Waals surface area contributed by atoms with Crippen LogP contribution in [0.3, 0.4) is 0 Å². The number of thioether (sulfide) groups is 1. The smallest absolute Gasteiger partial charge is 0.350 e. The molecule has 2 atom stereocenters. The predicted molar refractivity (Wildman–Crippen MR) is 174 cm³/mol. The number of carbonyl (C=O) groups is 5. The van der Waals surface area contributed by atoms with Gasteiger partial charge in [0, 0.05) is 16.7 Å². The number of rotatable bonds is 10. The van der Waals surface area contributed by atoms with Gasteiger partial charge in [0.2, 0.25) is 5.60 Å². The number of hydrogen-bond acceptors (Lipinski definition) is 14. The lowest BCUT2D eigenvalue weighted by molar-refractivity contribution is -0.908. The lowest BCUT2D eigenvalue weighted by Gasteiger charge is -2.51. The van der Waals surface area contributed by atoms with E-state index in [1.165, 1.54) is 43.1 Å². The molecule has 3 amide bonds. The van der Waals surface area contributed by atoms with Crippen molar-refractivity contribution >= 4 is 75.2 Å². The van der Waals surface area contributed by atoms with Crippen LogP contribution in [0.1, 0.15) is 29.9 Å². The number of likely N-dealkylation sites (N-methyl/N-ethyl adjacent to an activating group) is 1. The van der Waals surface area contributed by atoms with Crippen molar-refractivity contribution in [1.82, 2.24) is 20.1 Å². The standard InChI is InChI=1S/C29H32ClN7O10S2/c1-29(2,27(45)46)47-34-18(15-12-49-28(31)32-15)22(40)33-19-24(42)36-20(26(43)44)13(11-48-25(19)36)10-37(3)8-6-35(7-9-37)23(41)14-4-5-16(38)21(39)17(14)30/h4-5,12,19,25H,6-11H2,1-3H3,(H6-,31,32,33,34,38,39,40,41,43,44,45,46)/t19-,25-/m1/s1. The van der Waals surface area contributed by atoms with E-state index in [1.807, 2.05) is 7.05 Å². The van der Waals surface area contributed by atoms with Crippen LogP contribution in [0, 0.1) is 0 Å². The number of quaternary nitrogens is 1. The minimum Gasteiger partial charge on any atom is -0.543 e. The molecule has 1 aromatic heterocycles. The Labute approximate surface area is 292 Å². The maximum atomic E-state index is 13.4. The van der Waals surface area contributed by atoms with Crippen molar-refractivity contribution < 1.29 is 53.7 Å². The number of nitrogen functional groups attached to an aromatic ring is 1. The Kier molecular flexibility index (Phi) is 9.75. The maximum Gasteiger partial charge on any atom is 0.350 e. The predicted octanol–water partition coefficient (Wildman–Crippen LogP) is -0.620. The third-order valence-corrected chi connectivity index (χ3v) is 10.8. The van der Waals surface area contributed by atoms with Crippen LogP contribution in [0.5, 0.6) is 11.5 Å². The van der Waals surface area contributed by atoms with Crippen molar-refractivity contribution in [1.29, 1.82) is 0 Å². The molecule has 0 bridgehead atoms. The molecule has 2 fully saturated rings. The number of nitrogens with one attached hydrogen (secondary N) is 1. The van der Waals surface area contributed by atoms with Crippen molar-refractivity contribution in [3.63, 3.8) is 0 Å². The number of benzene rings is 1. The van der Waals surface area contributed by atoms with Crippen molar-refractivity contribution in [2.45, 2.75) is 30.9 Å². The molecule has 0 saturated carbocycles. The monoisotopic (exact) mass is 737 g/mol. The van der Waals surface area contributed by atoms with E-state index in [1.54, 1.807) is 4.90 Å². The zero-order valence-corrected chi connectivity index (χ0v) is 28.7. The van der Waals surface area contributed by atoms with E-state index in [4.69, 9.17) is 22.2 Å². The fraction of sp³-hybridized carbons (Fsp3) is 0.414.